The molecule has 0 saturated heterocycles. The maximum Gasteiger partial charge on any atom is 0.274 e. The number of hydrogen-bond donors (Lipinski definition) is 1. The molecule has 5 heteroatoms. The number of benzene rings is 2. The molecule has 0 aliphatic heterocycles. The Bertz CT molecular complexity index is 690. The lowest BCUT2D eigenvalue weighted by Gasteiger charge is -2.10. The topological polar surface area (TPSA) is 79.0 Å². The molecule has 0 radical (unpaired) electrons. The molecule has 5 nitrogen and oxygen atoms in total. The van der Waals surface area contributed by atoms with Crippen molar-refractivity contribution in [2.24, 2.45) is 0 Å². The number of rotatable bonds is 4. The molecule has 20 heavy (non-hydrogen) atoms. The number of nitriles is 1. The van der Waals surface area contributed by atoms with Crippen LogP contribution in [0.2, 0.25) is 0 Å². The van der Waals surface area contributed by atoms with Crippen molar-refractivity contribution < 1.29 is 4.92 Å². The van der Waals surface area contributed by atoms with Crippen LogP contribution in [0, 0.1) is 28.4 Å². The molecule has 0 bridgehead atoms. The maximum atomic E-state index is 10.9. The Balaban J connectivity index is 2.24. The van der Waals surface area contributed by atoms with Crippen molar-refractivity contribution in [1.82, 2.24) is 0 Å². The van der Waals surface area contributed by atoms with Crippen LogP contribution in [-0.2, 0) is 6.54 Å². The molecule has 1 N–H and O–H groups in total. The normalized spacial score (nSPS) is 9.80. The number of nitro groups is 1. The molecule has 0 aromatic heterocycles. The number of aryl methyl sites for hydroxylation is 1. The predicted octanol–water partition coefficient (Wildman–Crippen LogP) is 3.39. The first kappa shape index (κ1) is 13.6. The molecule has 0 atom stereocenters. The monoisotopic (exact) mass is 267 g/mol. The quantitative estimate of drug-likeness (QED) is 0.680. The van der Waals surface area contributed by atoms with Gasteiger partial charge < -0.3 is 5.32 Å². The third kappa shape index (κ3) is 2.75. The van der Waals surface area contributed by atoms with Crippen LogP contribution in [0.4, 0.5) is 11.4 Å². The van der Waals surface area contributed by atoms with Crippen LogP contribution in [0.3, 0.4) is 0 Å². The van der Waals surface area contributed by atoms with E-state index in [4.69, 9.17) is 5.26 Å². The van der Waals surface area contributed by atoms with Crippen LogP contribution >= 0.6 is 0 Å². The second-order valence-corrected chi connectivity index (χ2v) is 4.35. The summed E-state index contributed by atoms with van der Waals surface area (Å²) >= 11 is 0. The zero-order valence-electron chi connectivity index (χ0n) is 11.0. The second kappa shape index (κ2) is 5.85. The van der Waals surface area contributed by atoms with Crippen LogP contribution in [0.15, 0.2) is 42.5 Å². The van der Waals surface area contributed by atoms with Crippen LogP contribution < -0.4 is 5.32 Å². The van der Waals surface area contributed by atoms with Crippen molar-refractivity contribution in [1.29, 1.82) is 5.26 Å². The van der Waals surface area contributed by atoms with E-state index < -0.39 is 4.92 Å². The molecule has 0 aliphatic rings. The lowest BCUT2D eigenvalue weighted by atomic mass is 10.1. The summed E-state index contributed by atoms with van der Waals surface area (Å²) in [5.74, 6) is 0. The fourth-order valence-corrected chi connectivity index (χ4v) is 1.99. The van der Waals surface area contributed by atoms with Gasteiger partial charge in [-0.1, -0.05) is 30.3 Å². The van der Waals surface area contributed by atoms with Crippen molar-refractivity contribution in [2.75, 3.05) is 5.32 Å². The highest BCUT2D eigenvalue weighted by Crippen LogP contribution is 2.22. The van der Waals surface area contributed by atoms with Crippen LogP contribution in [-0.4, -0.2) is 4.92 Å². The van der Waals surface area contributed by atoms with Gasteiger partial charge in [-0.25, -0.2) is 0 Å². The molecular formula is C15H13N3O2. The molecular weight excluding hydrogens is 254 g/mol. The molecule has 100 valence electrons. The Hall–Kier alpha value is -2.87. The summed E-state index contributed by atoms with van der Waals surface area (Å²) in [6.07, 6.45) is 0. The SMILES string of the molecule is Cc1cccc(NCc2ccccc2[N+](=O)[O-])c1C#N. The fourth-order valence-electron chi connectivity index (χ4n) is 1.99. The Morgan fingerprint density at radius 2 is 2.00 bits per heavy atom. The van der Waals surface area contributed by atoms with Gasteiger partial charge in [0.25, 0.3) is 5.69 Å². The molecule has 0 fully saturated rings. The van der Waals surface area contributed by atoms with E-state index in [1.807, 2.05) is 19.1 Å². The lowest BCUT2D eigenvalue weighted by molar-refractivity contribution is -0.385. The van der Waals surface area contributed by atoms with Gasteiger partial charge >= 0.3 is 0 Å². The highest BCUT2D eigenvalue weighted by Gasteiger charge is 2.12. The Morgan fingerprint density at radius 1 is 1.25 bits per heavy atom. The van der Waals surface area contributed by atoms with Crippen LogP contribution in [0.1, 0.15) is 16.7 Å². The summed E-state index contributed by atoms with van der Waals surface area (Å²) in [7, 11) is 0. The summed E-state index contributed by atoms with van der Waals surface area (Å²) < 4.78 is 0. The van der Waals surface area contributed by atoms with Crippen molar-refractivity contribution in [2.45, 2.75) is 13.5 Å². The van der Waals surface area contributed by atoms with Gasteiger partial charge in [0.15, 0.2) is 0 Å². The summed E-state index contributed by atoms with van der Waals surface area (Å²) in [6, 6.07) is 14.2. The van der Waals surface area contributed by atoms with Crippen LogP contribution in [0.5, 0.6) is 0 Å². The Kier molecular flexibility index (Phi) is 3.96. The molecule has 0 aliphatic carbocycles. The Morgan fingerprint density at radius 3 is 2.70 bits per heavy atom. The van der Waals surface area contributed by atoms with E-state index in [1.165, 1.54) is 6.07 Å². The number of hydrogen-bond acceptors (Lipinski definition) is 4. The van der Waals surface area contributed by atoms with E-state index in [0.717, 1.165) is 5.56 Å². The van der Waals surface area contributed by atoms with Gasteiger partial charge in [-0.2, -0.15) is 5.26 Å². The number of nitrogens with one attached hydrogen (secondary N) is 1. The first-order valence-electron chi connectivity index (χ1n) is 6.09. The number of nitro benzene ring substituents is 1. The minimum Gasteiger partial charge on any atom is -0.380 e. The van der Waals surface area contributed by atoms with E-state index in [-0.39, 0.29) is 5.69 Å². The summed E-state index contributed by atoms with van der Waals surface area (Å²) in [4.78, 5) is 10.5. The fraction of sp³-hybridized carbons (Fsp3) is 0.133. The molecule has 2 aromatic carbocycles. The van der Waals surface area contributed by atoms with Gasteiger partial charge in [0.1, 0.15) is 6.07 Å². The summed E-state index contributed by atoms with van der Waals surface area (Å²) in [5, 5.41) is 23.2. The van der Waals surface area contributed by atoms with Gasteiger partial charge in [-0.05, 0) is 18.6 Å². The first-order chi connectivity index (χ1) is 9.63. The molecule has 2 rings (SSSR count). The van der Waals surface area contributed by atoms with Gasteiger partial charge in [0, 0.05) is 18.2 Å². The summed E-state index contributed by atoms with van der Waals surface area (Å²) in [5.41, 5.74) is 2.78. The average Bonchev–Trinajstić information content (AvgIpc) is 2.45. The van der Waals surface area contributed by atoms with Gasteiger partial charge in [-0.3, -0.25) is 10.1 Å². The van der Waals surface area contributed by atoms with E-state index >= 15 is 0 Å². The molecule has 0 amide bonds. The highest BCUT2D eigenvalue weighted by molar-refractivity contribution is 5.61. The average molecular weight is 267 g/mol. The zero-order chi connectivity index (χ0) is 14.5. The van der Waals surface area contributed by atoms with Gasteiger partial charge in [0.05, 0.1) is 16.2 Å². The van der Waals surface area contributed by atoms with Crippen LogP contribution in [0.25, 0.3) is 0 Å². The third-order valence-electron chi connectivity index (χ3n) is 3.04. The first-order valence-corrected chi connectivity index (χ1v) is 6.09. The predicted molar refractivity (Wildman–Crippen MR) is 76.3 cm³/mol. The van der Waals surface area contributed by atoms with E-state index in [1.54, 1.807) is 24.3 Å². The smallest absolute Gasteiger partial charge is 0.274 e. The lowest BCUT2D eigenvalue weighted by Crippen LogP contribution is -2.04. The Labute approximate surface area is 116 Å². The molecule has 0 unspecified atom stereocenters. The highest BCUT2D eigenvalue weighted by atomic mass is 16.6. The van der Waals surface area contributed by atoms with Crippen molar-refractivity contribution >= 4 is 11.4 Å². The zero-order valence-corrected chi connectivity index (χ0v) is 11.0. The minimum absolute atomic E-state index is 0.0751. The maximum absolute atomic E-state index is 10.9. The van der Waals surface area contributed by atoms with Crippen molar-refractivity contribution in [3.8, 4) is 6.07 Å². The van der Waals surface area contributed by atoms with Crippen molar-refractivity contribution in [3.63, 3.8) is 0 Å². The second-order valence-electron chi connectivity index (χ2n) is 4.35. The van der Waals surface area contributed by atoms with Gasteiger partial charge in [-0.15, -0.1) is 0 Å². The largest absolute Gasteiger partial charge is 0.380 e. The van der Waals surface area contributed by atoms with Gasteiger partial charge in [0.2, 0.25) is 0 Å². The van der Waals surface area contributed by atoms with E-state index in [9.17, 15) is 10.1 Å². The number of para-hydroxylation sites is 1. The molecule has 2 aromatic rings. The number of nitrogens with zero attached hydrogens (tertiary/aromatic N) is 2. The molecule has 0 spiro atoms. The summed E-state index contributed by atoms with van der Waals surface area (Å²) in [6.45, 7) is 2.16. The van der Waals surface area contributed by atoms with Crippen molar-refractivity contribution in [3.05, 3.63) is 69.3 Å². The third-order valence-corrected chi connectivity index (χ3v) is 3.04. The standard InChI is InChI=1S/C15H13N3O2/c1-11-5-4-7-14(13(11)9-16)17-10-12-6-2-3-8-15(12)18(19)20/h2-8,17H,10H2,1H3. The number of anilines is 1. The molecule has 0 saturated carbocycles. The minimum atomic E-state index is -0.404. The van der Waals surface area contributed by atoms with E-state index in [0.29, 0.717) is 23.4 Å². The molecule has 0 heterocycles. The van der Waals surface area contributed by atoms with E-state index in [2.05, 4.69) is 11.4 Å².